The molecule has 1 aromatic carbocycles. The topological polar surface area (TPSA) is 78.8 Å². The van der Waals surface area contributed by atoms with Crippen molar-refractivity contribution in [2.24, 2.45) is 0 Å². The number of carbonyl (C=O) groups is 1. The van der Waals surface area contributed by atoms with Crippen molar-refractivity contribution in [2.45, 2.75) is 50.5 Å². The highest BCUT2D eigenvalue weighted by atomic mass is 19.1. The maximum absolute atomic E-state index is 14.2. The first-order valence-corrected chi connectivity index (χ1v) is 12.6. The van der Waals surface area contributed by atoms with Gasteiger partial charge in [-0.05, 0) is 63.5 Å². The number of para-hydroxylation sites is 1. The van der Waals surface area contributed by atoms with E-state index in [0.29, 0.717) is 11.4 Å². The smallest absolute Gasteiger partial charge is 0.270 e. The Morgan fingerprint density at radius 2 is 2.08 bits per heavy atom. The zero-order valence-corrected chi connectivity index (χ0v) is 21.2. The number of pyridine rings is 1. The van der Waals surface area contributed by atoms with Gasteiger partial charge in [-0.15, -0.1) is 0 Å². The van der Waals surface area contributed by atoms with Crippen LogP contribution in [0.3, 0.4) is 0 Å². The first-order valence-electron chi connectivity index (χ1n) is 12.6. The van der Waals surface area contributed by atoms with Crippen molar-refractivity contribution in [2.75, 3.05) is 14.1 Å². The third kappa shape index (κ3) is 4.40. The van der Waals surface area contributed by atoms with Gasteiger partial charge in [0.1, 0.15) is 17.9 Å². The van der Waals surface area contributed by atoms with E-state index in [2.05, 4.69) is 37.0 Å². The molecule has 188 valence electrons. The molecule has 7 nitrogen and oxygen atoms in total. The number of alkyl halides is 1. The number of halogens is 1. The lowest BCUT2D eigenvalue weighted by Gasteiger charge is -2.18. The van der Waals surface area contributed by atoms with Crippen molar-refractivity contribution in [1.82, 2.24) is 29.7 Å². The first-order chi connectivity index (χ1) is 17.8. The Labute approximate surface area is 215 Å². The molecule has 3 aromatic heterocycles. The molecular formula is C29H29FN6O. The van der Waals surface area contributed by atoms with Crippen molar-refractivity contribution in [3.05, 3.63) is 82.8 Å². The number of hydrogen-bond donors (Lipinski definition) is 2. The van der Waals surface area contributed by atoms with Gasteiger partial charge in [0.2, 0.25) is 0 Å². The molecule has 1 amide bonds. The standard InChI is InChI=1S/C29H29FN6O/c1-18-12-19(8-9-29(10-11-29)35(2)3)13-24(32-18)28(37)34-26(23-14-20-6-4-5-7-22(20)33-23)27-25-15-21(30)16-36(25)17-31-27/h4-7,12-14,17,21,26,33H,10-11,15-16H2,1-3H3,(H,34,37)/t21-,26?/m1/s1. The lowest BCUT2D eigenvalue weighted by atomic mass is 10.1. The van der Waals surface area contributed by atoms with Gasteiger partial charge < -0.3 is 14.9 Å². The molecule has 0 radical (unpaired) electrons. The van der Waals surface area contributed by atoms with E-state index in [-0.39, 0.29) is 24.4 Å². The fourth-order valence-corrected chi connectivity index (χ4v) is 5.13. The predicted octanol–water partition coefficient (Wildman–Crippen LogP) is 3.93. The number of rotatable bonds is 5. The van der Waals surface area contributed by atoms with Gasteiger partial charge in [0.05, 0.1) is 24.1 Å². The van der Waals surface area contributed by atoms with Crippen LogP contribution in [0.15, 0.2) is 48.8 Å². The molecule has 37 heavy (non-hydrogen) atoms. The lowest BCUT2D eigenvalue weighted by Crippen LogP contribution is -2.31. The lowest BCUT2D eigenvalue weighted by molar-refractivity contribution is 0.0936. The van der Waals surface area contributed by atoms with Gasteiger partial charge >= 0.3 is 0 Å². The second-order valence-electron chi connectivity index (χ2n) is 10.3. The number of H-pyrrole nitrogens is 1. The molecule has 0 saturated heterocycles. The van der Waals surface area contributed by atoms with E-state index >= 15 is 0 Å². The number of amides is 1. The van der Waals surface area contributed by atoms with Crippen LogP contribution in [0, 0.1) is 18.8 Å². The molecule has 1 fully saturated rings. The number of nitrogens with one attached hydrogen (secondary N) is 2. The number of aryl methyl sites for hydroxylation is 1. The van der Waals surface area contributed by atoms with Gasteiger partial charge in [-0.2, -0.15) is 0 Å². The van der Waals surface area contributed by atoms with Crippen LogP contribution in [-0.2, 0) is 13.0 Å². The Hall–Kier alpha value is -3.96. The predicted molar refractivity (Wildman–Crippen MR) is 140 cm³/mol. The van der Waals surface area contributed by atoms with Gasteiger partial charge in [-0.1, -0.05) is 30.0 Å². The molecule has 1 saturated carbocycles. The highest BCUT2D eigenvalue weighted by Gasteiger charge is 2.43. The molecule has 2 atom stereocenters. The van der Waals surface area contributed by atoms with Gasteiger partial charge in [0, 0.05) is 34.6 Å². The average Bonchev–Trinajstić information content (AvgIpc) is 3.18. The zero-order chi connectivity index (χ0) is 25.7. The minimum Gasteiger partial charge on any atom is -0.356 e. The minimum absolute atomic E-state index is 0.0733. The number of hydrogen-bond acceptors (Lipinski definition) is 4. The van der Waals surface area contributed by atoms with Crippen LogP contribution >= 0.6 is 0 Å². The highest BCUT2D eigenvalue weighted by molar-refractivity contribution is 5.93. The summed E-state index contributed by atoms with van der Waals surface area (Å²) < 4.78 is 16.1. The van der Waals surface area contributed by atoms with Crippen LogP contribution in [0.4, 0.5) is 4.39 Å². The summed E-state index contributed by atoms with van der Waals surface area (Å²) in [5.74, 6) is 6.30. The highest BCUT2D eigenvalue weighted by Crippen LogP contribution is 2.39. The maximum Gasteiger partial charge on any atom is 0.270 e. The van der Waals surface area contributed by atoms with Gasteiger partial charge in [0.25, 0.3) is 5.91 Å². The largest absolute Gasteiger partial charge is 0.356 e. The normalized spacial score (nSPS) is 18.4. The van der Waals surface area contributed by atoms with E-state index in [0.717, 1.165) is 46.4 Å². The minimum atomic E-state index is -0.952. The Morgan fingerprint density at radius 3 is 2.84 bits per heavy atom. The van der Waals surface area contributed by atoms with E-state index in [1.54, 1.807) is 12.4 Å². The molecular weight excluding hydrogens is 467 g/mol. The Morgan fingerprint density at radius 1 is 1.27 bits per heavy atom. The molecule has 1 aliphatic heterocycles. The van der Waals surface area contributed by atoms with Gasteiger partial charge in [-0.25, -0.2) is 14.4 Å². The van der Waals surface area contributed by atoms with Gasteiger partial charge in [0.15, 0.2) is 0 Å². The molecule has 1 aliphatic carbocycles. The van der Waals surface area contributed by atoms with E-state index in [9.17, 15) is 9.18 Å². The van der Waals surface area contributed by atoms with Crippen molar-refractivity contribution in [1.29, 1.82) is 0 Å². The third-order valence-electron chi connectivity index (χ3n) is 7.40. The van der Waals surface area contributed by atoms with Crippen LogP contribution < -0.4 is 5.32 Å². The number of fused-ring (bicyclic) bond motifs is 2. The third-order valence-corrected chi connectivity index (χ3v) is 7.40. The summed E-state index contributed by atoms with van der Waals surface area (Å²) in [7, 11) is 4.08. The van der Waals surface area contributed by atoms with Gasteiger partial charge in [-0.3, -0.25) is 9.69 Å². The molecule has 0 spiro atoms. The number of carbonyl (C=O) groups excluding carboxylic acids is 1. The molecule has 8 heteroatoms. The number of imidazole rings is 1. The number of nitrogens with zero attached hydrogens (tertiary/aromatic N) is 4. The Bertz CT molecular complexity index is 1530. The Balaban J connectivity index is 1.35. The van der Waals surface area contributed by atoms with Crippen LogP contribution in [0.1, 0.15) is 57.7 Å². The van der Waals surface area contributed by atoms with Crippen LogP contribution in [0.2, 0.25) is 0 Å². The first kappa shape index (κ1) is 23.4. The van der Waals surface area contributed by atoms with E-state index < -0.39 is 12.2 Å². The number of aromatic amines is 1. The fourth-order valence-electron chi connectivity index (χ4n) is 5.13. The molecule has 4 aromatic rings. The van der Waals surface area contributed by atoms with E-state index in [4.69, 9.17) is 0 Å². The van der Waals surface area contributed by atoms with Crippen molar-refractivity contribution in [3.8, 4) is 11.8 Å². The van der Waals surface area contributed by atoms with Crippen molar-refractivity contribution >= 4 is 16.8 Å². The van der Waals surface area contributed by atoms with Crippen LogP contribution in [0.25, 0.3) is 10.9 Å². The summed E-state index contributed by atoms with van der Waals surface area (Å²) in [5, 5.41) is 4.15. The summed E-state index contributed by atoms with van der Waals surface area (Å²) in [6.45, 7) is 2.14. The molecule has 4 heterocycles. The second kappa shape index (κ2) is 8.86. The summed E-state index contributed by atoms with van der Waals surface area (Å²) >= 11 is 0. The average molecular weight is 497 g/mol. The fraction of sp³-hybridized carbons (Fsp3) is 0.345. The van der Waals surface area contributed by atoms with E-state index in [1.807, 2.05) is 62.0 Å². The second-order valence-corrected chi connectivity index (χ2v) is 10.3. The summed E-state index contributed by atoms with van der Waals surface area (Å²) in [6.07, 6.45) is 3.07. The molecule has 2 aliphatic rings. The van der Waals surface area contributed by atoms with E-state index in [1.165, 1.54) is 0 Å². The quantitative estimate of drug-likeness (QED) is 0.411. The molecule has 1 unspecified atom stereocenters. The SMILES string of the molecule is Cc1cc(C#CC2(N(C)C)CC2)cc(C(=O)NC(c2cc3ccccc3[nH]2)c2ncn3c2C[C@@H](F)C3)n1. The molecule has 2 N–H and O–H groups in total. The summed E-state index contributed by atoms with van der Waals surface area (Å²) in [5.41, 5.74) is 4.89. The summed E-state index contributed by atoms with van der Waals surface area (Å²) in [6, 6.07) is 13.0. The molecule has 6 rings (SSSR count). The molecule has 0 bridgehead atoms. The monoisotopic (exact) mass is 496 g/mol. The zero-order valence-electron chi connectivity index (χ0n) is 21.2. The van der Waals surface area contributed by atoms with Crippen molar-refractivity contribution in [3.63, 3.8) is 0 Å². The maximum atomic E-state index is 14.2. The van der Waals surface area contributed by atoms with Crippen molar-refractivity contribution < 1.29 is 9.18 Å². The number of aromatic nitrogens is 4. The Kier molecular flexibility index (Phi) is 5.61. The number of benzene rings is 1. The van der Waals surface area contributed by atoms with Crippen LogP contribution in [-0.4, -0.2) is 56.1 Å². The summed E-state index contributed by atoms with van der Waals surface area (Å²) in [4.78, 5) is 28.2. The van der Waals surface area contributed by atoms with Crippen LogP contribution in [0.5, 0.6) is 0 Å².